The summed E-state index contributed by atoms with van der Waals surface area (Å²) in [6.45, 7) is 2.00. The third kappa shape index (κ3) is 2.64. The molecule has 14 heavy (non-hydrogen) atoms. The van der Waals surface area contributed by atoms with E-state index in [1.54, 1.807) is 12.1 Å². The molecule has 0 saturated heterocycles. The lowest BCUT2D eigenvalue weighted by molar-refractivity contribution is -0.113. The monoisotopic (exact) mass is 213 g/mol. The molecule has 0 spiro atoms. The number of alkyl halides is 1. The van der Waals surface area contributed by atoms with E-state index in [0.29, 0.717) is 5.69 Å². The number of nitrogens with one attached hydrogen (secondary N) is 1. The largest absolute Gasteiger partial charge is 0.506 e. The van der Waals surface area contributed by atoms with Gasteiger partial charge in [0.05, 0.1) is 5.69 Å². The zero-order chi connectivity index (χ0) is 10.6. The lowest BCUT2D eigenvalue weighted by atomic mass is 10.1. The molecule has 3 nitrogen and oxygen atoms in total. The number of anilines is 1. The molecule has 0 atom stereocenters. The van der Waals surface area contributed by atoms with Gasteiger partial charge in [0, 0.05) is 0 Å². The van der Waals surface area contributed by atoms with Crippen molar-refractivity contribution in [1.82, 2.24) is 0 Å². The SMILES string of the molecule is CCc1ccc(O)c(NC(=O)CCl)c1. The summed E-state index contributed by atoms with van der Waals surface area (Å²) in [5.41, 5.74) is 1.46. The van der Waals surface area contributed by atoms with E-state index in [-0.39, 0.29) is 17.5 Å². The van der Waals surface area contributed by atoms with Crippen LogP contribution in [-0.4, -0.2) is 16.9 Å². The third-order valence-corrected chi connectivity index (χ3v) is 2.11. The zero-order valence-electron chi connectivity index (χ0n) is 7.88. The van der Waals surface area contributed by atoms with Crippen molar-refractivity contribution < 1.29 is 9.90 Å². The molecule has 76 valence electrons. The molecule has 0 saturated carbocycles. The first-order valence-electron chi connectivity index (χ1n) is 4.35. The van der Waals surface area contributed by atoms with Gasteiger partial charge in [-0.15, -0.1) is 11.6 Å². The van der Waals surface area contributed by atoms with Crippen molar-refractivity contribution in [2.75, 3.05) is 11.2 Å². The zero-order valence-corrected chi connectivity index (χ0v) is 8.64. The van der Waals surface area contributed by atoms with Gasteiger partial charge in [-0.3, -0.25) is 4.79 Å². The number of phenolic OH excluding ortho intramolecular Hbond substituents is 1. The van der Waals surface area contributed by atoms with Crippen LogP contribution in [0.2, 0.25) is 0 Å². The number of amides is 1. The Balaban J connectivity index is 2.89. The van der Waals surface area contributed by atoms with Gasteiger partial charge in [-0.25, -0.2) is 0 Å². The van der Waals surface area contributed by atoms with E-state index in [1.807, 2.05) is 13.0 Å². The van der Waals surface area contributed by atoms with Crippen molar-refractivity contribution >= 4 is 23.2 Å². The van der Waals surface area contributed by atoms with Crippen LogP contribution >= 0.6 is 11.6 Å². The van der Waals surface area contributed by atoms with E-state index >= 15 is 0 Å². The number of rotatable bonds is 3. The number of halogens is 1. The summed E-state index contributed by atoms with van der Waals surface area (Å²) in [6.07, 6.45) is 0.851. The number of benzene rings is 1. The number of aromatic hydroxyl groups is 1. The second kappa shape index (κ2) is 4.86. The van der Waals surface area contributed by atoms with E-state index in [0.717, 1.165) is 12.0 Å². The molecule has 4 heteroatoms. The lowest BCUT2D eigenvalue weighted by Crippen LogP contribution is -2.12. The molecule has 0 heterocycles. The molecular formula is C10H12ClNO2. The summed E-state index contributed by atoms with van der Waals surface area (Å²) in [5.74, 6) is -0.383. The van der Waals surface area contributed by atoms with Crippen LogP contribution in [0.15, 0.2) is 18.2 Å². The van der Waals surface area contributed by atoms with E-state index in [1.165, 1.54) is 0 Å². The van der Waals surface area contributed by atoms with Gasteiger partial charge in [-0.05, 0) is 24.1 Å². The second-order valence-corrected chi connectivity index (χ2v) is 3.15. The van der Waals surface area contributed by atoms with E-state index in [9.17, 15) is 9.90 Å². The summed E-state index contributed by atoms with van der Waals surface area (Å²) in [4.78, 5) is 11.0. The normalized spacial score (nSPS) is 9.86. The molecule has 1 rings (SSSR count). The van der Waals surface area contributed by atoms with Gasteiger partial charge in [0.2, 0.25) is 5.91 Å². The highest BCUT2D eigenvalue weighted by Crippen LogP contribution is 2.24. The van der Waals surface area contributed by atoms with Gasteiger partial charge < -0.3 is 10.4 Å². The van der Waals surface area contributed by atoms with Crippen LogP contribution in [0.5, 0.6) is 5.75 Å². The predicted octanol–water partition coefficient (Wildman–Crippen LogP) is 2.13. The van der Waals surface area contributed by atoms with Crippen LogP contribution in [0.1, 0.15) is 12.5 Å². The first-order valence-corrected chi connectivity index (χ1v) is 4.88. The van der Waals surface area contributed by atoms with Crippen molar-refractivity contribution in [3.8, 4) is 5.75 Å². The van der Waals surface area contributed by atoms with Gasteiger partial charge in [0.1, 0.15) is 11.6 Å². The minimum Gasteiger partial charge on any atom is -0.506 e. The summed E-state index contributed by atoms with van der Waals surface area (Å²) in [5, 5.41) is 11.9. The highest BCUT2D eigenvalue weighted by molar-refractivity contribution is 6.29. The Morgan fingerprint density at radius 2 is 2.29 bits per heavy atom. The molecule has 0 fully saturated rings. The topological polar surface area (TPSA) is 49.3 Å². The van der Waals surface area contributed by atoms with Crippen LogP contribution in [0.4, 0.5) is 5.69 Å². The number of aryl methyl sites for hydroxylation is 1. The van der Waals surface area contributed by atoms with Gasteiger partial charge in [0.25, 0.3) is 0 Å². The summed E-state index contributed by atoms with van der Waals surface area (Å²) in [7, 11) is 0. The minimum atomic E-state index is -0.324. The van der Waals surface area contributed by atoms with Crippen LogP contribution < -0.4 is 5.32 Å². The van der Waals surface area contributed by atoms with Crippen LogP contribution in [0.25, 0.3) is 0 Å². The minimum absolute atomic E-state index is 0.0562. The number of hydrogen-bond acceptors (Lipinski definition) is 2. The molecule has 0 bridgehead atoms. The maximum Gasteiger partial charge on any atom is 0.239 e. The van der Waals surface area contributed by atoms with Crippen LogP contribution in [-0.2, 0) is 11.2 Å². The number of carbonyl (C=O) groups is 1. The van der Waals surface area contributed by atoms with Crippen LogP contribution in [0.3, 0.4) is 0 Å². The van der Waals surface area contributed by atoms with Crippen molar-refractivity contribution in [3.63, 3.8) is 0 Å². The Hall–Kier alpha value is -1.22. The Kier molecular flexibility index (Phi) is 3.77. The maximum absolute atomic E-state index is 11.0. The van der Waals surface area contributed by atoms with Crippen molar-refractivity contribution in [2.24, 2.45) is 0 Å². The fourth-order valence-electron chi connectivity index (χ4n) is 1.09. The van der Waals surface area contributed by atoms with Gasteiger partial charge >= 0.3 is 0 Å². The molecule has 0 aliphatic heterocycles. The van der Waals surface area contributed by atoms with Gasteiger partial charge in [0.15, 0.2) is 0 Å². The first-order chi connectivity index (χ1) is 6.67. The van der Waals surface area contributed by atoms with E-state index in [4.69, 9.17) is 11.6 Å². The second-order valence-electron chi connectivity index (χ2n) is 2.89. The quantitative estimate of drug-likeness (QED) is 0.597. The average molecular weight is 214 g/mol. The van der Waals surface area contributed by atoms with Crippen molar-refractivity contribution in [3.05, 3.63) is 23.8 Å². The highest BCUT2D eigenvalue weighted by atomic mass is 35.5. The molecule has 2 N–H and O–H groups in total. The standard InChI is InChI=1S/C10H12ClNO2/c1-2-7-3-4-9(13)8(5-7)12-10(14)6-11/h3-5,13H,2,6H2,1H3,(H,12,14). The summed E-state index contributed by atoms with van der Waals surface area (Å²) in [6, 6.07) is 5.11. The van der Waals surface area contributed by atoms with E-state index in [2.05, 4.69) is 5.32 Å². The van der Waals surface area contributed by atoms with Crippen molar-refractivity contribution in [1.29, 1.82) is 0 Å². The Labute approximate surface area is 87.7 Å². The first kappa shape index (κ1) is 10.9. The fraction of sp³-hybridized carbons (Fsp3) is 0.300. The van der Waals surface area contributed by atoms with Gasteiger partial charge in [-0.1, -0.05) is 13.0 Å². The molecule has 0 aliphatic carbocycles. The fourth-order valence-corrected chi connectivity index (χ4v) is 1.15. The molecular weight excluding hydrogens is 202 g/mol. The Morgan fingerprint density at radius 1 is 1.57 bits per heavy atom. The Morgan fingerprint density at radius 3 is 2.86 bits per heavy atom. The number of carbonyl (C=O) groups excluding carboxylic acids is 1. The van der Waals surface area contributed by atoms with E-state index < -0.39 is 0 Å². The molecule has 1 amide bonds. The molecule has 0 radical (unpaired) electrons. The molecule has 1 aromatic rings. The molecule has 1 aromatic carbocycles. The van der Waals surface area contributed by atoms with Crippen molar-refractivity contribution in [2.45, 2.75) is 13.3 Å². The summed E-state index contributed by atoms with van der Waals surface area (Å²) < 4.78 is 0. The molecule has 0 unspecified atom stereocenters. The Bertz CT molecular complexity index is 339. The molecule has 0 aliphatic rings. The average Bonchev–Trinajstić information content (AvgIpc) is 2.21. The molecule has 0 aromatic heterocycles. The number of hydrogen-bond donors (Lipinski definition) is 2. The third-order valence-electron chi connectivity index (χ3n) is 1.86. The predicted molar refractivity (Wildman–Crippen MR) is 56.8 cm³/mol. The smallest absolute Gasteiger partial charge is 0.239 e. The van der Waals surface area contributed by atoms with Crippen LogP contribution in [0, 0.1) is 0 Å². The lowest BCUT2D eigenvalue weighted by Gasteiger charge is -2.07. The summed E-state index contributed by atoms with van der Waals surface area (Å²) >= 11 is 5.33. The number of phenols is 1. The maximum atomic E-state index is 11.0. The van der Waals surface area contributed by atoms with Gasteiger partial charge in [-0.2, -0.15) is 0 Å². The highest BCUT2D eigenvalue weighted by Gasteiger charge is 2.05.